The van der Waals surface area contributed by atoms with E-state index in [4.69, 9.17) is 15.5 Å². The minimum absolute atomic E-state index is 0.426. The van der Waals surface area contributed by atoms with E-state index >= 15 is 0 Å². The van der Waals surface area contributed by atoms with Crippen molar-refractivity contribution in [2.75, 3.05) is 0 Å². The van der Waals surface area contributed by atoms with Crippen LogP contribution < -0.4 is 0 Å². The van der Waals surface area contributed by atoms with E-state index in [0.717, 1.165) is 11.8 Å². The first-order chi connectivity index (χ1) is 9.02. The minimum atomic E-state index is -0.426. The molecule has 0 spiro atoms. The number of hydrogen-bond acceptors (Lipinski definition) is 1. The summed E-state index contributed by atoms with van der Waals surface area (Å²) in [6.07, 6.45) is 5.21. The van der Waals surface area contributed by atoms with Crippen molar-refractivity contribution in [2.24, 2.45) is 0 Å². The molecule has 1 aromatic rings. The van der Waals surface area contributed by atoms with Crippen LogP contribution in [0.4, 0.5) is 0 Å². The fraction of sp³-hybridized carbons (Fsp3) is 0.500. The summed E-state index contributed by atoms with van der Waals surface area (Å²) < 4.78 is 2.42. The second kappa shape index (κ2) is 7.08. The first kappa shape index (κ1) is 16.0. The summed E-state index contributed by atoms with van der Waals surface area (Å²) >= 11 is 11.5. The molecule has 4 rings (SSSR count). The van der Waals surface area contributed by atoms with Crippen molar-refractivity contribution < 1.29 is 0 Å². The van der Waals surface area contributed by atoms with Crippen molar-refractivity contribution >= 4 is 71.8 Å². The third-order valence-electron chi connectivity index (χ3n) is 3.89. The fourth-order valence-corrected chi connectivity index (χ4v) is 3.72. The average molecular weight is 391 g/mol. The van der Waals surface area contributed by atoms with Crippen LogP contribution in [0.5, 0.6) is 0 Å². The second-order valence-electron chi connectivity index (χ2n) is 5.16. The molecule has 0 aromatic heterocycles. The first-order valence-electron chi connectivity index (χ1n) is 6.48. The molecule has 0 N–H and O–H groups in total. The number of hydrogen-bond donors (Lipinski definition) is 0. The van der Waals surface area contributed by atoms with Gasteiger partial charge in [-0.1, -0.05) is 0 Å². The van der Waals surface area contributed by atoms with Gasteiger partial charge in [-0.15, -0.1) is 0 Å². The Balaban J connectivity index is 0.000000232. The van der Waals surface area contributed by atoms with Crippen LogP contribution in [0.3, 0.4) is 0 Å². The molecule has 92 valence electrons. The number of halogens is 2. The zero-order valence-electron chi connectivity index (χ0n) is 10.6. The van der Waals surface area contributed by atoms with Crippen LogP contribution in [0.15, 0.2) is 21.1 Å². The summed E-state index contributed by atoms with van der Waals surface area (Å²) in [7, 11) is 9.82. The summed E-state index contributed by atoms with van der Waals surface area (Å²) in [4.78, 5) is 0. The van der Waals surface area contributed by atoms with Crippen molar-refractivity contribution in [3.63, 3.8) is 0 Å². The molecular weight excluding hydrogens is 379 g/mol. The zero-order valence-corrected chi connectivity index (χ0v) is 14.6. The van der Waals surface area contributed by atoms with Gasteiger partial charge in [-0.25, -0.2) is 0 Å². The van der Waals surface area contributed by atoms with Crippen LogP contribution in [0.1, 0.15) is 48.6 Å². The van der Waals surface area contributed by atoms with Gasteiger partial charge >= 0.3 is 40.0 Å². The summed E-state index contributed by atoms with van der Waals surface area (Å²) in [5.41, 5.74) is 3.23. The van der Waals surface area contributed by atoms with Gasteiger partial charge in [-0.3, -0.25) is 0 Å². The molecule has 1 fully saturated rings. The van der Waals surface area contributed by atoms with E-state index in [1.54, 1.807) is 11.1 Å². The van der Waals surface area contributed by atoms with Gasteiger partial charge in [0.25, 0.3) is 0 Å². The van der Waals surface area contributed by atoms with Gasteiger partial charge in [0.2, 0.25) is 0 Å². The Morgan fingerprint density at radius 3 is 1.58 bits per heavy atom. The molecule has 0 amide bonds. The Labute approximate surface area is 141 Å². The summed E-state index contributed by atoms with van der Waals surface area (Å²) in [5, 5.41) is 0. The van der Waals surface area contributed by atoms with Crippen molar-refractivity contribution in [3.8, 4) is 0 Å². The Morgan fingerprint density at radius 2 is 1.32 bits per heavy atom. The van der Waals surface area contributed by atoms with Gasteiger partial charge in [-0.05, 0) is 92.6 Å². The molecule has 0 nitrogen and oxygen atoms in total. The fourth-order valence-electron chi connectivity index (χ4n) is 3.00. The van der Waals surface area contributed by atoms with Crippen LogP contribution in [0.25, 0.3) is 0 Å². The molecule has 1 saturated carbocycles. The Kier molecular flexibility index (Phi) is 5.98. The summed E-state index contributed by atoms with van der Waals surface area (Å²) in [6.45, 7) is 0. The van der Waals surface area contributed by atoms with Crippen LogP contribution in [-0.4, -0.2) is 27.9 Å². The predicted molar refractivity (Wildman–Crippen MR) is 96.4 cm³/mol. The quantitative estimate of drug-likeness (QED) is 0.650. The third kappa shape index (κ3) is 3.85. The second-order valence-corrected chi connectivity index (χ2v) is 7.14. The standard InChI is InChI=1S/C12H12Br2.B4S/c13-11-5-9-7-1-2-8(4-3-7)10(9)6-12(11)14;1-4(2)3-5/h5-8H,1-4H2;. The molecule has 7 heteroatoms. The first-order valence-corrected chi connectivity index (χ1v) is 8.54. The van der Waals surface area contributed by atoms with Gasteiger partial charge in [0.05, 0.1) is 0 Å². The SMILES string of the molecule is Brc1cc2c(cc1Br)C1CCC2CC1.[B]B([B])B=S. The van der Waals surface area contributed by atoms with Crippen molar-refractivity contribution in [1.82, 2.24) is 0 Å². The molecule has 19 heavy (non-hydrogen) atoms. The topological polar surface area (TPSA) is 0 Å². The Bertz CT molecular complexity index is 436. The van der Waals surface area contributed by atoms with E-state index in [0.29, 0.717) is 0 Å². The third-order valence-corrected chi connectivity index (χ3v) is 6.05. The number of benzene rings is 1. The molecule has 1 aromatic carbocycles. The van der Waals surface area contributed by atoms with Gasteiger partial charge in [0.1, 0.15) is 0 Å². The van der Waals surface area contributed by atoms with Crippen LogP contribution >= 0.6 is 43.9 Å². The molecular formula is C12H12B4Br2S. The molecule has 4 radical (unpaired) electrons. The molecule has 0 atom stereocenters. The van der Waals surface area contributed by atoms with Crippen LogP contribution in [-0.2, 0) is 0 Å². The van der Waals surface area contributed by atoms with E-state index in [9.17, 15) is 0 Å². The van der Waals surface area contributed by atoms with Crippen LogP contribution in [0.2, 0.25) is 0 Å². The average Bonchev–Trinajstić information content (AvgIpc) is 2.42. The van der Waals surface area contributed by atoms with E-state index < -0.39 is 6.39 Å². The van der Waals surface area contributed by atoms with Crippen molar-refractivity contribution in [1.29, 1.82) is 0 Å². The molecule has 0 unspecified atom stereocenters. The molecule has 3 aliphatic carbocycles. The van der Waals surface area contributed by atoms with Gasteiger partial charge in [0, 0.05) is 8.95 Å². The maximum absolute atomic E-state index is 4.91. The van der Waals surface area contributed by atoms with Crippen molar-refractivity contribution in [2.45, 2.75) is 37.5 Å². The van der Waals surface area contributed by atoms with E-state index in [1.807, 2.05) is 0 Å². The number of fused-ring (bicyclic) bond motifs is 2. The molecule has 0 saturated heterocycles. The van der Waals surface area contributed by atoms with E-state index in [2.05, 4.69) is 56.0 Å². The van der Waals surface area contributed by atoms with E-state index in [1.165, 1.54) is 40.7 Å². The Morgan fingerprint density at radius 1 is 1.00 bits per heavy atom. The predicted octanol–water partition coefficient (Wildman–Crippen LogP) is 4.09. The normalized spacial score (nSPS) is 22.8. The van der Waals surface area contributed by atoms with Gasteiger partial charge in [-0.2, -0.15) is 0 Å². The monoisotopic (exact) mass is 390 g/mol. The zero-order chi connectivity index (χ0) is 14.0. The maximum atomic E-state index is 4.91. The molecule has 2 bridgehead atoms. The van der Waals surface area contributed by atoms with Gasteiger partial charge < -0.3 is 0 Å². The molecule has 3 aliphatic rings. The molecule has 0 aliphatic heterocycles. The van der Waals surface area contributed by atoms with Gasteiger partial charge in [0.15, 0.2) is 0 Å². The van der Waals surface area contributed by atoms with Crippen LogP contribution in [0, 0.1) is 0 Å². The summed E-state index contributed by atoms with van der Waals surface area (Å²) in [5.74, 6) is 1.69. The summed E-state index contributed by atoms with van der Waals surface area (Å²) in [6, 6.07) is 5.96. The van der Waals surface area contributed by atoms with Crippen molar-refractivity contribution in [3.05, 3.63) is 32.2 Å². The number of rotatable bonds is 1. The molecule has 0 heterocycles. The Hall–Kier alpha value is 0.660. The van der Waals surface area contributed by atoms with E-state index in [-0.39, 0.29) is 0 Å².